The highest BCUT2D eigenvalue weighted by Gasteiger charge is 2.08. The van der Waals surface area contributed by atoms with Gasteiger partial charge in [-0.3, -0.25) is 4.98 Å². The normalized spacial score (nSPS) is 13.5. The molecule has 2 N–H and O–H groups in total. The lowest BCUT2D eigenvalue weighted by molar-refractivity contribution is 0.452. The fraction of sp³-hybridized carbons (Fsp3) is 0.250. The van der Waals surface area contributed by atoms with Crippen molar-refractivity contribution in [2.75, 3.05) is 0 Å². The predicted octanol–water partition coefficient (Wildman–Crippen LogP) is 1.24. The number of pyridine rings is 1. The van der Waals surface area contributed by atoms with Crippen LogP contribution in [-0.4, -0.2) is 10.1 Å². The minimum absolute atomic E-state index is 0.0524. The number of hydrogen-bond acceptors (Lipinski definition) is 4. The van der Waals surface area contributed by atoms with Gasteiger partial charge in [0.05, 0.1) is 6.20 Å². The van der Waals surface area contributed by atoms with Gasteiger partial charge in [0, 0.05) is 17.8 Å². The summed E-state index contributed by atoms with van der Waals surface area (Å²) in [6, 6.07) is 1.79. The molecule has 0 aliphatic carbocycles. The maximum atomic E-state index is 5.72. The molecular weight excluding hydrogens is 154 g/mol. The lowest BCUT2D eigenvalue weighted by atomic mass is 10.1. The molecule has 0 aromatic carbocycles. The van der Waals surface area contributed by atoms with Crippen LogP contribution in [0.25, 0.3) is 11.1 Å². The minimum atomic E-state index is -0.0524. The van der Waals surface area contributed by atoms with E-state index in [1.54, 1.807) is 12.4 Å². The van der Waals surface area contributed by atoms with Crippen LogP contribution in [0.2, 0.25) is 0 Å². The Labute approximate surface area is 69.4 Å². The first-order valence-electron chi connectivity index (χ1n) is 3.74. The maximum absolute atomic E-state index is 5.72. The Morgan fingerprint density at radius 2 is 2.42 bits per heavy atom. The van der Waals surface area contributed by atoms with Gasteiger partial charge >= 0.3 is 0 Å². The van der Waals surface area contributed by atoms with Gasteiger partial charge in [-0.15, -0.1) is 0 Å². The van der Waals surface area contributed by atoms with Gasteiger partial charge in [-0.2, -0.15) is 0 Å². The second-order valence-corrected chi connectivity index (χ2v) is 2.73. The number of rotatable bonds is 1. The van der Waals surface area contributed by atoms with Crippen LogP contribution < -0.4 is 5.73 Å². The Morgan fingerprint density at radius 3 is 3.17 bits per heavy atom. The average Bonchev–Trinajstić information content (AvgIpc) is 2.49. The summed E-state index contributed by atoms with van der Waals surface area (Å²) >= 11 is 0. The highest BCUT2D eigenvalue weighted by molar-refractivity contribution is 5.74. The van der Waals surface area contributed by atoms with Crippen molar-refractivity contribution in [2.24, 2.45) is 5.73 Å². The van der Waals surface area contributed by atoms with E-state index in [0.717, 1.165) is 11.1 Å². The van der Waals surface area contributed by atoms with Crippen LogP contribution in [0, 0.1) is 0 Å². The zero-order valence-corrected chi connectivity index (χ0v) is 6.69. The van der Waals surface area contributed by atoms with Gasteiger partial charge in [-0.25, -0.2) is 0 Å². The van der Waals surface area contributed by atoms with Crippen LogP contribution in [0.15, 0.2) is 23.0 Å². The van der Waals surface area contributed by atoms with Gasteiger partial charge in [0.15, 0.2) is 5.58 Å². The van der Waals surface area contributed by atoms with Gasteiger partial charge in [-0.1, -0.05) is 5.16 Å². The number of hydrogen-bond donors (Lipinski definition) is 1. The van der Waals surface area contributed by atoms with Crippen molar-refractivity contribution >= 4 is 11.1 Å². The summed E-state index contributed by atoms with van der Waals surface area (Å²) in [6.45, 7) is 1.90. The van der Waals surface area contributed by atoms with E-state index in [0.29, 0.717) is 5.58 Å². The minimum Gasteiger partial charge on any atom is -0.354 e. The van der Waals surface area contributed by atoms with Crippen LogP contribution in [-0.2, 0) is 0 Å². The molecule has 0 aliphatic heterocycles. The maximum Gasteiger partial charge on any atom is 0.190 e. The van der Waals surface area contributed by atoms with Crippen molar-refractivity contribution in [2.45, 2.75) is 13.0 Å². The van der Waals surface area contributed by atoms with Crippen molar-refractivity contribution in [3.63, 3.8) is 0 Å². The van der Waals surface area contributed by atoms with Crippen LogP contribution in [0.1, 0.15) is 18.5 Å². The molecule has 0 spiro atoms. The van der Waals surface area contributed by atoms with Crippen LogP contribution in [0.3, 0.4) is 0 Å². The molecule has 62 valence electrons. The van der Waals surface area contributed by atoms with Crippen molar-refractivity contribution in [1.82, 2.24) is 10.1 Å². The fourth-order valence-electron chi connectivity index (χ4n) is 1.16. The van der Waals surface area contributed by atoms with Crippen LogP contribution >= 0.6 is 0 Å². The van der Waals surface area contributed by atoms with Crippen molar-refractivity contribution in [3.8, 4) is 0 Å². The second-order valence-electron chi connectivity index (χ2n) is 2.73. The smallest absolute Gasteiger partial charge is 0.190 e. The highest BCUT2D eigenvalue weighted by Crippen LogP contribution is 2.19. The number of aromatic nitrogens is 2. The van der Waals surface area contributed by atoms with E-state index in [1.165, 1.54) is 0 Å². The lowest BCUT2D eigenvalue weighted by Gasteiger charge is -2.03. The molecule has 0 aliphatic rings. The Balaban J connectivity index is 2.73. The van der Waals surface area contributed by atoms with Gasteiger partial charge in [-0.05, 0) is 13.0 Å². The van der Waals surface area contributed by atoms with Crippen molar-refractivity contribution in [1.29, 1.82) is 0 Å². The van der Waals surface area contributed by atoms with E-state index in [9.17, 15) is 0 Å². The molecule has 2 aromatic heterocycles. The van der Waals surface area contributed by atoms with E-state index in [1.807, 2.05) is 13.0 Å². The highest BCUT2D eigenvalue weighted by atomic mass is 16.5. The fourth-order valence-corrected chi connectivity index (χ4v) is 1.16. The quantitative estimate of drug-likeness (QED) is 0.686. The molecule has 12 heavy (non-hydrogen) atoms. The van der Waals surface area contributed by atoms with E-state index in [4.69, 9.17) is 10.3 Å². The third-order valence-corrected chi connectivity index (χ3v) is 1.77. The van der Waals surface area contributed by atoms with Crippen LogP contribution in [0.5, 0.6) is 0 Å². The first kappa shape index (κ1) is 7.24. The molecule has 2 aromatic rings. The standard InChI is InChI=1S/C8H9N3O/c1-5(9)6-2-3-10-7-4-11-12-8(6)7/h2-5H,9H2,1H3. The Kier molecular flexibility index (Phi) is 1.55. The van der Waals surface area contributed by atoms with Gasteiger partial charge in [0.25, 0.3) is 0 Å². The van der Waals surface area contributed by atoms with Crippen LogP contribution in [0.4, 0.5) is 0 Å². The van der Waals surface area contributed by atoms with Gasteiger partial charge in [0.1, 0.15) is 5.52 Å². The molecule has 2 rings (SSSR count). The molecule has 0 amide bonds. The molecular formula is C8H9N3O. The van der Waals surface area contributed by atoms with Crippen molar-refractivity contribution < 1.29 is 4.52 Å². The molecule has 4 nitrogen and oxygen atoms in total. The topological polar surface area (TPSA) is 64.9 Å². The Bertz CT molecular complexity index is 394. The summed E-state index contributed by atoms with van der Waals surface area (Å²) in [7, 11) is 0. The molecule has 0 saturated heterocycles. The average molecular weight is 163 g/mol. The molecule has 2 heterocycles. The Hall–Kier alpha value is -1.42. The zero-order valence-electron chi connectivity index (χ0n) is 6.69. The van der Waals surface area contributed by atoms with E-state index >= 15 is 0 Å². The number of fused-ring (bicyclic) bond motifs is 1. The molecule has 0 saturated carbocycles. The van der Waals surface area contributed by atoms with Gasteiger partial charge < -0.3 is 10.3 Å². The van der Waals surface area contributed by atoms with E-state index < -0.39 is 0 Å². The summed E-state index contributed by atoms with van der Waals surface area (Å²) in [5.41, 5.74) is 8.11. The summed E-state index contributed by atoms with van der Waals surface area (Å²) in [6.07, 6.45) is 3.29. The first-order valence-corrected chi connectivity index (χ1v) is 3.74. The van der Waals surface area contributed by atoms with E-state index in [2.05, 4.69) is 10.1 Å². The van der Waals surface area contributed by atoms with Crippen molar-refractivity contribution in [3.05, 3.63) is 24.0 Å². The first-order chi connectivity index (χ1) is 5.79. The molecule has 0 bridgehead atoms. The summed E-state index contributed by atoms with van der Waals surface area (Å²) in [5.74, 6) is 0. The van der Waals surface area contributed by atoms with E-state index in [-0.39, 0.29) is 6.04 Å². The molecule has 4 heteroatoms. The molecule has 1 unspecified atom stereocenters. The SMILES string of the molecule is CC(N)c1ccnc2cnoc12. The largest absolute Gasteiger partial charge is 0.354 e. The molecule has 1 atom stereocenters. The molecule has 0 radical (unpaired) electrons. The lowest BCUT2D eigenvalue weighted by Crippen LogP contribution is -2.05. The Morgan fingerprint density at radius 1 is 1.58 bits per heavy atom. The van der Waals surface area contributed by atoms with Gasteiger partial charge in [0.2, 0.25) is 0 Å². The summed E-state index contributed by atoms with van der Waals surface area (Å²) in [5, 5.41) is 3.65. The third kappa shape index (κ3) is 0.967. The molecule has 0 fully saturated rings. The summed E-state index contributed by atoms with van der Waals surface area (Å²) in [4.78, 5) is 4.07. The third-order valence-electron chi connectivity index (χ3n) is 1.77. The number of nitrogens with zero attached hydrogens (tertiary/aromatic N) is 2. The monoisotopic (exact) mass is 163 g/mol. The number of nitrogens with two attached hydrogens (primary N) is 1. The second kappa shape index (κ2) is 2.57. The summed E-state index contributed by atoms with van der Waals surface area (Å²) < 4.78 is 5.02. The predicted molar refractivity (Wildman–Crippen MR) is 44.4 cm³/mol. The zero-order chi connectivity index (χ0) is 8.55.